The van der Waals surface area contributed by atoms with Gasteiger partial charge in [-0.1, -0.05) is 0 Å². The third kappa shape index (κ3) is 4.44. The molecule has 1 atom stereocenters. The number of anilines is 2. The van der Waals surface area contributed by atoms with Gasteiger partial charge in [0.15, 0.2) is 0 Å². The Labute approximate surface area is 150 Å². The quantitative estimate of drug-likeness (QED) is 0.905. The predicted molar refractivity (Wildman–Crippen MR) is 102 cm³/mol. The minimum absolute atomic E-state index is 0.0306. The van der Waals surface area contributed by atoms with E-state index in [1.807, 2.05) is 12.1 Å². The van der Waals surface area contributed by atoms with Crippen molar-refractivity contribution in [1.82, 2.24) is 10.2 Å². The second-order valence-corrected chi connectivity index (χ2v) is 7.26. The number of carbonyl (C=O) groups is 1. The molecule has 0 saturated carbocycles. The van der Waals surface area contributed by atoms with E-state index in [0.717, 1.165) is 44.7 Å². The number of piperidine rings is 1. The van der Waals surface area contributed by atoms with Gasteiger partial charge in [0.05, 0.1) is 0 Å². The van der Waals surface area contributed by atoms with Gasteiger partial charge in [0.2, 0.25) is 0 Å². The van der Waals surface area contributed by atoms with Crippen molar-refractivity contribution in [2.24, 2.45) is 0 Å². The first-order valence-electron chi connectivity index (χ1n) is 9.21. The highest BCUT2D eigenvalue weighted by Crippen LogP contribution is 2.25. The van der Waals surface area contributed by atoms with E-state index in [4.69, 9.17) is 4.74 Å². The van der Waals surface area contributed by atoms with E-state index in [0.29, 0.717) is 6.04 Å². The number of nitrogens with zero attached hydrogens (tertiary/aromatic N) is 3. The smallest absolute Gasteiger partial charge is 0.414 e. The Morgan fingerprint density at radius 2 is 1.80 bits per heavy atom. The van der Waals surface area contributed by atoms with E-state index < -0.39 is 0 Å². The van der Waals surface area contributed by atoms with E-state index in [2.05, 4.69) is 41.3 Å². The average Bonchev–Trinajstić information content (AvgIpc) is 3.12. The lowest BCUT2D eigenvalue weighted by Crippen LogP contribution is -2.37. The van der Waals surface area contributed by atoms with Gasteiger partial charge in [-0.05, 0) is 70.7 Å². The molecule has 0 aromatic heterocycles. The SMILES string of the molecule is CN(C(=O)OC1CCNCC1)c1ccc(N2CCC(N(C)C)C2)cc1. The van der Waals surface area contributed by atoms with Gasteiger partial charge in [-0.2, -0.15) is 0 Å². The van der Waals surface area contributed by atoms with Crippen LogP contribution in [0.4, 0.5) is 16.2 Å². The lowest BCUT2D eigenvalue weighted by molar-refractivity contribution is 0.0860. The van der Waals surface area contributed by atoms with Crippen LogP contribution in [-0.4, -0.2) is 70.5 Å². The van der Waals surface area contributed by atoms with E-state index in [1.165, 1.54) is 12.1 Å². The molecule has 0 bridgehead atoms. The first-order valence-corrected chi connectivity index (χ1v) is 9.21. The zero-order valence-electron chi connectivity index (χ0n) is 15.6. The van der Waals surface area contributed by atoms with Crippen LogP contribution in [0.2, 0.25) is 0 Å². The minimum atomic E-state index is -0.270. The zero-order chi connectivity index (χ0) is 17.8. The Hall–Kier alpha value is -1.79. The van der Waals surface area contributed by atoms with Crippen molar-refractivity contribution in [3.63, 3.8) is 0 Å². The molecule has 2 fully saturated rings. The van der Waals surface area contributed by atoms with Crippen molar-refractivity contribution in [2.75, 3.05) is 57.1 Å². The van der Waals surface area contributed by atoms with E-state index in [9.17, 15) is 4.79 Å². The van der Waals surface area contributed by atoms with Gasteiger partial charge in [0, 0.05) is 37.6 Å². The number of hydrogen-bond donors (Lipinski definition) is 1. The highest BCUT2D eigenvalue weighted by molar-refractivity contribution is 5.87. The van der Waals surface area contributed by atoms with E-state index in [1.54, 1.807) is 11.9 Å². The fourth-order valence-electron chi connectivity index (χ4n) is 3.53. The molecule has 0 spiro atoms. The fourth-order valence-corrected chi connectivity index (χ4v) is 3.53. The molecule has 2 aliphatic rings. The molecule has 6 nitrogen and oxygen atoms in total. The summed E-state index contributed by atoms with van der Waals surface area (Å²) >= 11 is 0. The van der Waals surface area contributed by atoms with Crippen molar-refractivity contribution in [2.45, 2.75) is 31.4 Å². The Bertz CT molecular complexity index is 569. The molecule has 1 amide bonds. The van der Waals surface area contributed by atoms with Crippen LogP contribution in [0, 0.1) is 0 Å². The molecule has 138 valence electrons. The molecular formula is C19H30N4O2. The number of amides is 1. The molecule has 0 aliphatic carbocycles. The summed E-state index contributed by atoms with van der Waals surface area (Å²) in [6, 6.07) is 8.82. The molecular weight excluding hydrogens is 316 g/mol. The Balaban J connectivity index is 1.57. The second-order valence-electron chi connectivity index (χ2n) is 7.26. The summed E-state index contributed by atoms with van der Waals surface area (Å²) in [6.45, 7) is 3.97. The summed E-state index contributed by atoms with van der Waals surface area (Å²) in [7, 11) is 6.05. The first-order chi connectivity index (χ1) is 12.0. The maximum atomic E-state index is 12.3. The Kier molecular flexibility index (Phi) is 5.81. The third-order valence-corrected chi connectivity index (χ3v) is 5.32. The molecule has 1 aromatic rings. The minimum Gasteiger partial charge on any atom is -0.446 e. The number of benzene rings is 1. The Morgan fingerprint density at radius 1 is 1.12 bits per heavy atom. The summed E-state index contributed by atoms with van der Waals surface area (Å²) < 4.78 is 5.61. The molecule has 2 saturated heterocycles. The summed E-state index contributed by atoms with van der Waals surface area (Å²) in [5.41, 5.74) is 2.08. The first kappa shape index (κ1) is 18.0. The summed E-state index contributed by atoms with van der Waals surface area (Å²) in [6.07, 6.45) is 2.73. The highest BCUT2D eigenvalue weighted by Gasteiger charge is 2.24. The van der Waals surface area contributed by atoms with Gasteiger partial charge >= 0.3 is 6.09 Å². The van der Waals surface area contributed by atoms with Crippen LogP contribution in [0.15, 0.2) is 24.3 Å². The summed E-state index contributed by atoms with van der Waals surface area (Å²) in [5, 5.41) is 3.28. The maximum Gasteiger partial charge on any atom is 0.414 e. The molecule has 6 heteroatoms. The second kappa shape index (κ2) is 8.06. The maximum absolute atomic E-state index is 12.3. The molecule has 2 heterocycles. The lowest BCUT2D eigenvalue weighted by Gasteiger charge is -2.26. The molecule has 25 heavy (non-hydrogen) atoms. The van der Waals surface area contributed by atoms with E-state index >= 15 is 0 Å². The van der Waals surface area contributed by atoms with Crippen LogP contribution < -0.4 is 15.1 Å². The predicted octanol–water partition coefficient (Wildman–Crippen LogP) is 2.15. The van der Waals surface area contributed by atoms with Crippen LogP contribution >= 0.6 is 0 Å². The van der Waals surface area contributed by atoms with Gasteiger partial charge in [-0.25, -0.2) is 4.79 Å². The number of likely N-dealkylation sites (N-methyl/N-ethyl adjacent to an activating group) is 1. The molecule has 2 aliphatic heterocycles. The van der Waals surface area contributed by atoms with Gasteiger partial charge in [0.25, 0.3) is 0 Å². The van der Waals surface area contributed by atoms with Crippen LogP contribution in [0.3, 0.4) is 0 Å². The standard InChI is InChI=1S/C19H30N4O2/c1-21(2)17-10-13-23(14-17)16-6-4-15(5-7-16)22(3)19(24)25-18-8-11-20-12-9-18/h4-7,17-18,20H,8-14H2,1-3H3. The van der Waals surface area contributed by atoms with Crippen molar-refractivity contribution in [3.8, 4) is 0 Å². The molecule has 3 rings (SSSR count). The number of hydrogen-bond acceptors (Lipinski definition) is 5. The number of rotatable bonds is 4. The average molecular weight is 346 g/mol. The largest absolute Gasteiger partial charge is 0.446 e. The van der Waals surface area contributed by atoms with E-state index in [-0.39, 0.29) is 12.2 Å². The molecule has 1 N–H and O–H groups in total. The van der Waals surface area contributed by atoms with Gasteiger partial charge < -0.3 is 19.9 Å². The lowest BCUT2D eigenvalue weighted by atomic mass is 10.1. The third-order valence-electron chi connectivity index (χ3n) is 5.32. The van der Waals surface area contributed by atoms with Crippen molar-refractivity contribution in [1.29, 1.82) is 0 Å². The number of carbonyl (C=O) groups excluding carboxylic acids is 1. The number of nitrogens with one attached hydrogen (secondary N) is 1. The van der Waals surface area contributed by atoms with Crippen LogP contribution in [0.25, 0.3) is 0 Å². The number of ether oxygens (including phenoxy) is 1. The summed E-state index contributed by atoms with van der Waals surface area (Å²) in [4.78, 5) is 18.6. The van der Waals surface area contributed by atoms with Crippen LogP contribution in [0.1, 0.15) is 19.3 Å². The van der Waals surface area contributed by atoms with Crippen molar-refractivity contribution in [3.05, 3.63) is 24.3 Å². The zero-order valence-corrected chi connectivity index (χ0v) is 15.6. The van der Waals surface area contributed by atoms with Crippen LogP contribution in [-0.2, 0) is 4.74 Å². The molecule has 1 aromatic carbocycles. The molecule has 1 unspecified atom stereocenters. The van der Waals surface area contributed by atoms with Gasteiger partial charge in [-0.15, -0.1) is 0 Å². The van der Waals surface area contributed by atoms with Gasteiger partial charge in [0.1, 0.15) is 6.10 Å². The Morgan fingerprint density at radius 3 is 2.40 bits per heavy atom. The topological polar surface area (TPSA) is 48.1 Å². The monoisotopic (exact) mass is 346 g/mol. The normalized spacial score (nSPS) is 21.6. The van der Waals surface area contributed by atoms with Crippen molar-refractivity contribution < 1.29 is 9.53 Å². The highest BCUT2D eigenvalue weighted by atomic mass is 16.6. The molecule has 0 radical (unpaired) electrons. The summed E-state index contributed by atoms with van der Waals surface area (Å²) in [5.74, 6) is 0. The van der Waals surface area contributed by atoms with Gasteiger partial charge in [-0.3, -0.25) is 4.90 Å². The fraction of sp³-hybridized carbons (Fsp3) is 0.632. The van der Waals surface area contributed by atoms with Crippen LogP contribution in [0.5, 0.6) is 0 Å². The van der Waals surface area contributed by atoms with Crippen molar-refractivity contribution >= 4 is 17.5 Å².